The first-order chi connectivity index (χ1) is 11.4. The van der Waals surface area contributed by atoms with E-state index in [0.717, 1.165) is 35.4 Å². The van der Waals surface area contributed by atoms with E-state index in [1.165, 1.54) is 6.08 Å². The van der Waals surface area contributed by atoms with Crippen LogP contribution < -0.4 is 10.6 Å². The molecule has 126 valence electrons. The largest absolute Gasteiger partial charge is 0.370 e. The van der Waals surface area contributed by atoms with Gasteiger partial charge >= 0.3 is 0 Å². The number of rotatable bonds is 6. The number of aromatic amines is 1. The normalized spacial score (nSPS) is 15.4. The highest BCUT2D eigenvalue weighted by Gasteiger charge is 2.29. The number of Topliss-reactive ketones (excluding diaryl/α,β-unsaturated/α-hetero) is 1. The summed E-state index contributed by atoms with van der Waals surface area (Å²) < 4.78 is 0. The van der Waals surface area contributed by atoms with E-state index >= 15 is 0 Å². The Morgan fingerprint density at radius 3 is 2.88 bits per heavy atom. The quantitative estimate of drug-likeness (QED) is 0.795. The van der Waals surface area contributed by atoms with Gasteiger partial charge in [-0.1, -0.05) is 13.8 Å². The first kappa shape index (κ1) is 16.2. The van der Waals surface area contributed by atoms with Crippen LogP contribution in [0.15, 0.2) is 24.5 Å². The molecule has 2 aromatic rings. The molecule has 3 rings (SSSR count). The molecule has 6 nitrogen and oxygen atoms in total. The average Bonchev–Trinajstić information content (AvgIpc) is 2.90. The predicted molar refractivity (Wildman–Crippen MR) is 94.5 cm³/mol. The summed E-state index contributed by atoms with van der Waals surface area (Å²) in [5.41, 5.74) is 7.84. The van der Waals surface area contributed by atoms with Crippen molar-refractivity contribution in [2.75, 3.05) is 18.0 Å². The Balaban J connectivity index is 1.72. The van der Waals surface area contributed by atoms with Gasteiger partial charge in [-0.15, -0.1) is 0 Å². The van der Waals surface area contributed by atoms with Crippen LogP contribution in [0.1, 0.15) is 25.8 Å². The van der Waals surface area contributed by atoms with Crippen LogP contribution in [-0.2, 0) is 9.59 Å². The molecule has 3 N–H and O–H groups in total. The predicted octanol–water partition coefficient (Wildman–Crippen LogP) is 2.11. The van der Waals surface area contributed by atoms with Crippen molar-refractivity contribution in [1.29, 1.82) is 0 Å². The van der Waals surface area contributed by atoms with Gasteiger partial charge in [-0.3, -0.25) is 9.59 Å². The molecule has 0 aromatic carbocycles. The van der Waals surface area contributed by atoms with Crippen molar-refractivity contribution in [3.05, 3.63) is 30.1 Å². The minimum Gasteiger partial charge on any atom is -0.370 e. The van der Waals surface area contributed by atoms with E-state index in [0.29, 0.717) is 18.1 Å². The van der Waals surface area contributed by atoms with Crippen molar-refractivity contribution in [3.63, 3.8) is 0 Å². The monoisotopic (exact) mass is 326 g/mol. The number of fused-ring (bicyclic) bond motifs is 1. The molecular formula is C18H22N4O2. The molecule has 0 atom stereocenters. The highest BCUT2D eigenvalue weighted by molar-refractivity contribution is 5.95. The van der Waals surface area contributed by atoms with Gasteiger partial charge in [0.25, 0.3) is 0 Å². The number of carbonyl (C=O) groups excluding carboxylic acids is 2. The topological polar surface area (TPSA) is 92.1 Å². The van der Waals surface area contributed by atoms with Crippen LogP contribution in [0.5, 0.6) is 0 Å². The van der Waals surface area contributed by atoms with Crippen LogP contribution in [-0.4, -0.2) is 34.7 Å². The molecule has 3 heterocycles. The van der Waals surface area contributed by atoms with E-state index in [-0.39, 0.29) is 5.92 Å². The van der Waals surface area contributed by atoms with Crippen LogP contribution in [0, 0.1) is 11.8 Å². The lowest BCUT2D eigenvalue weighted by Crippen LogP contribution is -2.47. The standard InChI is InChI=1S/C18H22N4O2/c1-11(2)16(23)5-12-9-22(10-12)14-6-15-13(3-4-17(19)24)7-20-18(15)21-8-14/h3-4,6-8,11-12H,5,9-10H2,1-2H3,(H2,19,24)(H,20,21)/b4-3+. The van der Waals surface area contributed by atoms with Gasteiger partial charge < -0.3 is 15.6 Å². The molecule has 1 aliphatic heterocycles. The van der Waals surface area contributed by atoms with E-state index in [2.05, 4.69) is 20.9 Å². The van der Waals surface area contributed by atoms with Crippen LogP contribution in [0.3, 0.4) is 0 Å². The van der Waals surface area contributed by atoms with E-state index in [9.17, 15) is 9.59 Å². The maximum atomic E-state index is 11.8. The number of nitrogens with one attached hydrogen (secondary N) is 1. The second-order valence-electron chi connectivity index (χ2n) is 6.67. The highest BCUT2D eigenvalue weighted by Crippen LogP contribution is 2.30. The number of hydrogen-bond acceptors (Lipinski definition) is 4. The summed E-state index contributed by atoms with van der Waals surface area (Å²) in [5.74, 6) is 0.388. The number of hydrogen-bond donors (Lipinski definition) is 2. The van der Waals surface area contributed by atoms with Gasteiger partial charge in [0.15, 0.2) is 0 Å². The number of ketones is 1. The van der Waals surface area contributed by atoms with Gasteiger partial charge in [-0.2, -0.15) is 0 Å². The molecular weight excluding hydrogens is 304 g/mol. The zero-order chi connectivity index (χ0) is 17.3. The summed E-state index contributed by atoms with van der Waals surface area (Å²) in [6.45, 7) is 5.65. The number of primary amides is 1. The van der Waals surface area contributed by atoms with Crippen molar-refractivity contribution in [1.82, 2.24) is 9.97 Å². The fourth-order valence-corrected chi connectivity index (χ4v) is 2.93. The Kier molecular flexibility index (Phi) is 4.38. The fraction of sp³-hybridized carbons (Fsp3) is 0.389. The molecule has 1 amide bonds. The molecule has 1 fully saturated rings. The Labute approximate surface area is 140 Å². The number of nitrogens with zero attached hydrogens (tertiary/aromatic N) is 2. The number of aromatic nitrogens is 2. The molecule has 1 saturated heterocycles. The van der Waals surface area contributed by atoms with Crippen LogP contribution in [0.25, 0.3) is 17.1 Å². The minimum atomic E-state index is -0.478. The number of nitrogens with two attached hydrogens (primary N) is 1. The fourth-order valence-electron chi connectivity index (χ4n) is 2.93. The minimum absolute atomic E-state index is 0.108. The van der Waals surface area contributed by atoms with Crippen molar-refractivity contribution in [2.24, 2.45) is 17.6 Å². The number of H-pyrrole nitrogens is 1. The summed E-state index contributed by atoms with van der Waals surface area (Å²) in [7, 11) is 0. The van der Waals surface area contributed by atoms with Gasteiger partial charge in [0.1, 0.15) is 11.4 Å². The van der Waals surface area contributed by atoms with Crippen LogP contribution in [0.2, 0.25) is 0 Å². The van der Waals surface area contributed by atoms with Crippen LogP contribution in [0.4, 0.5) is 5.69 Å². The molecule has 0 unspecified atom stereocenters. The number of carbonyl (C=O) groups is 2. The lowest BCUT2D eigenvalue weighted by Gasteiger charge is -2.41. The van der Waals surface area contributed by atoms with Crippen molar-refractivity contribution in [3.8, 4) is 0 Å². The molecule has 1 aliphatic rings. The third-order valence-electron chi connectivity index (χ3n) is 4.43. The van der Waals surface area contributed by atoms with Crippen molar-refractivity contribution >= 4 is 34.5 Å². The molecule has 24 heavy (non-hydrogen) atoms. The highest BCUT2D eigenvalue weighted by atomic mass is 16.1. The average molecular weight is 326 g/mol. The van der Waals surface area contributed by atoms with Gasteiger partial charge in [0, 0.05) is 54.6 Å². The number of anilines is 1. The Morgan fingerprint density at radius 2 is 2.21 bits per heavy atom. The zero-order valence-corrected chi connectivity index (χ0v) is 14.0. The molecule has 0 aliphatic carbocycles. The zero-order valence-electron chi connectivity index (χ0n) is 14.0. The van der Waals surface area contributed by atoms with E-state index < -0.39 is 5.91 Å². The third-order valence-corrected chi connectivity index (χ3v) is 4.43. The molecule has 2 aromatic heterocycles. The SMILES string of the molecule is CC(C)C(=O)CC1CN(c2cnc3[nH]cc(/C=C/C(N)=O)c3c2)C1. The third kappa shape index (κ3) is 3.32. The van der Waals surface area contributed by atoms with E-state index in [4.69, 9.17) is 5.73 Å². The Bertz CT molecular complexity index is 800. The van der Waals surface area contributed by atoms with Crippen molar-refractivity contribution in [2.45, 2.75) is 20.3 Å². The first-order valence-electron chi connectivity index (χ1n) is 8.16. The molecule has 0 spiro atoms. The van der Waals surface area contributed by atoms with Crippen molar-refractivity contribution < 1.29 is 9.59 Å². The van der Waals surface area contributed by atoms with E-state index in [1.54, 1.807) is 12.3 Å². The van der Waals surface area contributed by atoms with Gasteiger partial charge in [-0.05, 0) is 12.1 Å². The maximum absolute atomic E-state index is 11.8. The Hall–Kier alpha value is -2.63. The lowest BCUT2D eigenvalue weighted by molar-refractivity contribution is -0.123. The summed E-state index contributed by atoms with van der Waals surface area (Å²) in [6, 6.07) is 2.06. The second-order valence-corrected chi connectivity index (χ2v) is 6.67. The second kappa shape index (κ2) is 6.47. The number of pyridine rings is 1. The molecule has 6 heteroatoms. The van der Waals surface area contributed by atoms with Crippen LogP contribution >= 0.6 is 0 Å². The Morgan fingerprint density at radius 1 is 1.46 bits per heavy atom. The van der Waals surface area contributed by atoms with Gasteiger partial charge in [0.2, 0.25) is 5.91 Å². The molecule has 0 radical (unpaired) electrons. The summed E-state index contributed by atoms with van der Waals surface area (Å²) in [4.78, 5) is 32.5. The molecule has 0 saturated carbocycles. The van der Waals surface area contributed by atoms with E-state index in [1.807, 2.05) is 20.0 Å². The van der Waals surface area contributed by atoms with Gasteiger partial charge in [0.05, 0.1) is 11.9 Å². The summed E-state index contributed by atoms with van der Waals surface area (Å²) in [5, 5.41) is 0.951. The smallest absolute Gasteiger partial charge is 0.241 e. The molecule has 0 bridgehead atoms. The maximum Gasteiger partial charge on any atom is 0.241 e. The lowest BCUT2D eigenvalue weighted by atomic mass is 9.90. The summed E-state index contributed by atoms with van der Waals surface area (Å²) >= 11 is 0. The first-order valence-corrected chi connectivity index (χ1v) is 8.16. The number of amides is 1. The summed E-state index contributed by atoms with van der Waals surface area (Å²) in [6.07, 6.45) is 7.32. The van der Waals surface area contributed by atoms with Gasteiger partial charge in [-0.25, -0.2) is 4.98 Å².